The lowest BCUT2D eigenvalue weighted by Gasteiger charge is -2.08. The number of carbonyl (C=O) groups is 1. The minimum Gasteiger partial charge on any atom is -0.323 e. The highest BCUT2D eigenvalue weighted by Gasteiger charge is 2.17. The number of nitrogens with one attached hydrogen (secondary N) is 1. The van der Waals surface area contributed by atoms with Crippen LogP contribution in [0, 0.1) is 24.0 Å². The molecule has 8 nitrogen and oxygen atoms in total. The van der Waals surface area contributed by atoms with Gasteiger partial charge in [-0.15, -0.1) is 0 Å². The lowest BCUT2D eigenvalue weighted by Crippen LogP contribution is -2.20. The van der Waals surface area contributed by atoms with Crippen LogP contribution in [0.1, 0.15) is 11.3 Å². The van der Waals surface area contributed by atoms with E-state index in [0.29, 0.717) is 5.65 Å². The van der Waals surface area contributed by atoms with Gasteiger partial charge in [0.15, 0.2) is 5.65 Å². The number of nitro groups is 1. The van der Waals surface area contributed by atoms with Crippen molar-refractivity contribution in [3.05, 3.63) is 81.1 Å². The molecule has 0 radical (unpaired) electrons. The van der Waals surface area contributed by atoms with Crippen LogP contribution in [-0.4, -0.2) is 25.6 Å². The van der Waals surface area contributed by atoms with Gasteiger partial charge in [0.1, 0.15) is 6.54 Å². The molecular weight excluding hydrogens is 418 g/mol. The zero-order chi connectivity index (χ0) is 22.1. The van der Waals surface area contributed by atoms with Crippen LogP contribution in [0.15, 0.2) is 54.7 Å². The summed E-state index contributed by atoms with van der Waals surface area (Å²) in [6.45, 7) is 3.78. The Hall–Kier alpha value is -3.78. The first-order valence-corrected chi connectivity index (χ1v) is 9.84. The average Bonchev–Trinajstić information content (AvgIpc) is 3.05. The lowest BCUT2D eigenvalue weighted by atomic mass is 10.0. The molecule has 156 valence electrons. The highest BCUT2D eigenvalue weighted by molar-refractivity contribution is 6.33. The molecular formula is C22H18ClN5O3. The minimum atomic E-state index is -0.549. The molecule has 2 aromatic carbocycles. The number of anilines is 1. The van der Waals surface area contributed by atoms with E-state index in [9.17, 15) is 14.9 Å². The molecule has 0 saturated carbocycles. The number of non-ortho nitro benzene ring substituents is 1. The first kappa shape index (κ1) is 20.5. The van der Waals surface area contributed by atoms with Crippen LogP contribution >= 0.6 is 11.6 Å². The number of fused-ring (bicyclic) bond motifs is 1. The third-order valence-electron chi connectivity index (χ3n) is 4.90. The molecule has 0 bridgehead atoms. The summed E-state index contributed by atoms with van der Waals surface area (Å²) in [4.78, 5) is 27.5. The van der Waals surface area contributed by atoms with E-state index < -0.39 is 10.8 Å². The molecule has 2 heterocycles. The van der Waals surface area contributed by atoms with Crippen LogP contribution < -0.4 is 5.32 Å². The Morgan fingerprint density at radius 2 is 1.90 bits per heavy atom. The molecule has 1 amide bonds. The Labute approximate surface area is 182 Å². The van der Waals surface area contributed by atoms with E-state index in [1.54, 1.807) is 6.20 Å². The summed E-state index contributed by atoms with van der Waals surface area (Å²) < 4.78 is 1.52. The summed E-state index contributed by atoms with van der Waals surface area (Å²) in [6.07, 6.45) is 1.68. The average molecular weight is 436 g/mol. The van der Waals surface area contributed by atoms with Gasteiger partial charge in [0.2, 0.25) is 5.91 Å². The molecule has 0 unspecified atom stereocenters. The second-order valence-electron chi connectivity index (χ2n) is 7.14. The number of hydrogen-bond acceptors (Lipinski definition) is 5. The zero-order valence-corrected chi connectivity index (χ0v) is 17.6. The second kappa shape index (κ2) is 8.16. The summed E-state index contributed by atoms with van der Waals surface area (Å²) in [5.41, 5.74) is 4.52. The van der Waals surface area contributed by atoms with Crippen molar-refractivity contribution in [1.29, 1.82) is 0 Å². The van der Waals surface area contributed by atoms with Gasteiger partial charge in [0.05, 0.1) is 21.3 Å². The maximum atomic E-state index is 12.6. The SMILES string of the molecule is Cc1ccc(-c2ccnc3c2c(C)nn3CC(=O)Nc2cc([N+](=O)[O-])ccc2Cl)cc1. The smallest absolute Gasteiger partial charge is 0.271 e. The number of benzene rings is 2. The quantitative estimate of drug-likeness (QED) is 0.354. The molecule has 4 aromatic rings. The molecule has 0 fully saturated rings. The number of hydrogen-bond donors (Lipinski definition) is 1. The van der Waals surface area contributed by atoms with Gasteiger partial charge in [-0.25, -0.2) is 9.67 Å². The van der Waals surface area contributed by atoms with Crippen molar-refractivity contribution in [1.82, 2.24) is 14.8 Å². The predicted molar refractivity (Wildman–Crippen MR) is 119 cm³/mol. The molecule has 0 aliphatic heterocycles. The predicted octanol–water partition coefficient (Wildman–Crippen LogP) is 4.92. The summed E-state index contributed by atoms with van der Waals surface area (Å²) >= 11 is 6.07. The zero-order valence-electron chi connectivity index (χ0n) is 16.8. The number of rotatable bonds is 5. The number of aromatic nitrogens is 3. The van der Waals surface area contributed by atoms with Crippen LogP contribution in [0.2, 0.25) is 5.02 Å². The van der Waals surface area contributed by atoms with E-state index in [0.717, 1.165) is 27.8 Å². The molecule has 0 atom stereocenters. The van der Waals surface area contributed by atoms with Gasteiger partial charge in [-0.3, -0.25) is 14.9 Å². The normalized spacial score (nSPS) is 10.9. The van der Waals surface area contributed by atoms with E-state index in [1.165, 1.54) is 22.9 Å². The van der Waals surface area contributed by atoms with Gasteiger partial charge in [-0.2, -0.15) is 5.10 Å². The van der Waals surface area contributed by atoms with Crippen LogP contribution in [-0.2, 0) is 11.3 Å². The van der Waals surface area contributed by atoms with Crippen LogP contribution in [0.5, 0.6) is 0 Å². The molecule has 0 aliphatic rings. The monoisotopic (exact) mass is 435 g/mol. The maximum absolute atomic E-state index is 12.6. The Morgan fingerprint density at radius 3 is 2.61 bits per heavy atom. The van der Waals surface area contributed by atoms with Gasteiger partial charge >= 0.3 is 0 Å². The molecule has 31 heavy (non-hydrogen) atoms. The molecule has 1 N–H and O–H groups in total. The number of carbonyl (C=O) groups excluding carboxylic acids is 1. The van der Waals surface area contributed by atoms with Crippen LogP contribution in [0.4, 0.5) is 11.4 Å². The number of halogens is 1. The van der Waals surface area contributed by atoms with E-state index in [1.807, 2.05) is 44.2 Å². The first-order chi connectivity index (χ1) is 14.8. The van der Waals surface area contributed by atoms with Crippen LogP contribution in [0.25, 0.3) is 22.2 Å². The Balaban J connectivity index is 1.65. The Morgan fingerprint density at radius 1 is 1.16 bits per heavy atom. The Bertz CT molecular complexity index is 1310. The maximum Gasteiger partial charge on any atom is 0.271 e. The number of aryl methyl sites for hydroxylation is 2. The van der Waals surface area contributed by atoms with E-state index in [4.69, 9.17) is 11.6 Å². The highest BCUT2D eigenvalue weighted by Crippen LogP contribution is 2.30. The van der Waals surface area contributed by atoms with E-state index in [-0.39, 0.29) is 22.9 Å². The summed E-state index contributed by atoms with van der Waals surface area (Å²) in [5, 5.41) is 19.2. The summed E-state index contributed by atoms with van der Waals surface area (Å²) in [6, 6.07) is 14.0. The first-order valence-electron chi connectivity index (χ1n) is 9.46. The fourth-order valence-corrected chi connectivity index (χ4v) is 3.58. The fraction of sp³-hybridized carbons (Fsp3) is 0.136. The molecule has 9 heteroatoms. The fourth-order valence-electron chi connectivity index (χ4n) is 3.41. The van der Waals surface area contributed by atoms with Crippen molar-refractivity contribution >= 4 is 39.9 Å². The molecule has 4 rings (SSSR count). The van der Waals surface area contributed by atoms with E-state index in [2.05, 4.69) is 15.4 Å². The van der Waals surface area contributed by atoms with Gasteiger partial charge in [0.25, 0.3) is 5.69 Å². The topological polar surface area (TPSA) is 103 Å². The third kappa shape index (κ3) is 4.10. The minimum absolute atomic E-state index is 0.117. The van der Waals surface area contributed by atoms with Crippen molar-refractivity contribution in [2.24, 2.45) is 0 Å². The van der Waals surface area contributed by atoms with Gasteiger partial charge in [-0.05, 0) is 37.1 Å². The summed E-state index contributed by atoms with van der Waals surface area (Å²) in [7, 11) is 0. The van der Waals surface area contributed by atoms with E-state index >= 15 is 0 Å². The van der Waals surface area contributed by atoms with Gasteiger partial charge in [0, 0.05) is 23.7 Å². The number of nitrogens with zero attached hydrogens (tertiary/aromatic N) is 4. The summed E-state index contributed by atoms with van der Waals surface area (Å²) in [5.74, 6) is -0.422. The lowest BCUT2D eigenvalue weighted by molar-refractivity contribution is -0.384. The van der Waals surface area contributed by atoms with Gasteiger partial charge < -0.3 is 5.32 Å². The van der Waals surface area contributed by atoms with Crippen molar-refractivity contribution in [2.75, 3.05) is 5.32 Å². The third-order valence-corrected chi connectivity index (χ3v) is 5.23. The van der Waals surface area contributed by atoms with Crippen molar-refractivity contribution in [3.8, 4) is 11.1 Å². The number of pyridine rings is 1. The standard InChI is InChI=1S/C22H18ClN5O3/c1-13-3-5-15(6-4-13)17-9-10-24-22-21(17)14(2)26-27(22)12-20(29)25-19-11-16(28(30)31)7-8-18(19)23/h3-11H,12H2,1-2H3,(H,25,29). The molecule has 2 aromatic heterocycles. The number of nitro benzene ring substituents is 1. The highest BCUT2D eigenvalue weighted by atomic mass is 35.5. The molecule has 0 saturated heterocycles. The van der Waals surface area contributed by atoms with Crippen molar-refractivity contribution in [3.63, 3.8) is 0 Å². The Kier molecular flexibility index (Phi) is 5.39. The largest absolute Gasteiger partial charge is 0.323 e. The van der Waals surface area contributed by atoms with Crippen LogP contribution in [0.3, 0.4) is 0 Å². The molecule has 0 aliphatic carbocycles. The number of amides is 1. The second-order valence-corrected chi connectivity index (χ2v) is 7.54. The van der Waals surface area contributed by atoms with Crippen molar-refractivity contribution < 1.29 is 9.72 Å². The van der Waals surface area contributed by atoms with Gasteiger partial charge in [-0.1, -0.05) is 41.4 Å². The molecule has 0 spiro atoms. The van der Waals surface area contributed by atoms with Crippen molar-refractivity contribution in [2.45, 2.75) is 20.4 Å².